The van der Waals surface area contributed by atoms with Gasteiger partial charge in [-0.15, -0.1) is 0 Å². The Hall–Kier alpha value is -1.34. The molecule has 1 aromatic rings. The molecule has 4 heteroatoms. The van der Waals surface area contributed by atoms with Crippen LogP contribution in [0.15, 0.2) is 18.2 Å². The van der Waals surface area contributed by atoms with E-state index in [1.807, 2.05) is 26.8 Å². The fourth-order valence-corrected chi connectivity index (χ4v) is 3.42. The zero-order valence-corrected chi connectivity index (χ0v) is 11.9. The van der Waals surface area contributed by atoms with Gasteiger partial charge in [-0.05, 0) is 42.5 Å². The molecule has 0 aliphatic carbocycles. The second-order valence-electron chi connectivity index (χ2n) is 5.03. The Labute approximate surface area is 109 Å². The van der Waals surface area contributed by atoms with E-state index < -0.39 is 9.84 Å². The zero-order chi connectivity index (χ0) is 13.8. The van der Waals surface area contributed by atoms with Crippen LogP contribution in [0.4, 0.5) is 0 Å². The molecule has 0 aromatic heterocycles. The molecule has 0 heterocycles. The zero-order valence-electron chi connectivity index (χ0n) is 11.1. The van der Waals surface area contributed by atoms with E-state index in [0.717, 1.165) is 11.1 Å². The van der Waals surface area contributed by atoms with Crippen LogP contribution in [0.1, 0.15) is 37.0 Å². The van der Waals surface area contributed by atoms with Crippen molar-refractivity contribution in [1.29, 1.82) is 5.26 Å². The molecule has 0 amide bonds. The lowest BCUT2D eigenvalue weighted by molar-refractivity contribution is 0.573. The summed E-state index contributed by atoms with van der Waals surface area (Å²) in [6, 6.07) is 7.18. The summed E-state index contributed by atoms with van der Waals surface area (Å²) in [5.41, 5.74) is 2.22. The van der Waals surface area contributed by atoms with E-state index in [9.17, 15) is 8.42 Å². The molecule has 3 nitrogen and oxygen atoms in total. The normalized spacial score (nSPS) is 11.5. The largest absolute Gasteiger partial charge is 0.228 e. The molecule has 0 unspecified atom stereocenters. The first-order valence-corrected chi connectivity index (χ1v) is 7.86. The summed E-state index contributed by atoms with van der Waals surface area (Å²) in [6.45, 7) is 5.87. The van der Waals surface area contributed by atoms with Crippen molar-refractivity contribution in [1.82, 2.24) is 0 Å². The van der Waals surface area contributed by atoms with Crippen molar-refractivity contribution in [3.63, 3.8) is 0 Å². The second kappa shape index (κ2) is 6.01. The van der Waals surface area contributed by atoms with Crippen LogP contribution in [0.25, 0.3) is 0 Å². The molecule has 98 valence electrons. The van der Waals surface area contributed by atoms with Crippen LogP contribution in [0, 0.1) is 24.2 Å². The maximum Gasteiger partial charge on any atom is 0.154 e. The molecule has 0 radical (unpaired) electrons. The Morgan fingerprint density at radius 1 is 1.33 bits per heavy atom. The maximum absolute atomic E-state index is 11.9. The van der Waals surface area contributed by atoms with Gasteiger partial charge in [0.2, 0.25) is 0 Å². The van der Waals surface area contributed by atoms with Crippen molar-refractivity contribution >= 4 is 9.84 Å². The third kappa shape index (κ3) is 4.50. The SMILES string of the molecule is Cc1cc(C#N)ccc1CS(=O)(=O)CCC(C)C. The Balaban J connectivity index is 2.82. The number of benzene rings is 1. The van der Waals surface area contributed by atoms with E-state index in [0.29, 0.717) is 17.9 Å². The van der Waals surface area contributed by atoms with E-state index in [2.05, 4.69) is 0 Å². The van der Waals surface area contributed by atoms with Gasteiger partial charge in [0.05, 0.1) is 23.1 Å². The van der Waals surface area contributed by atoms with E-state index in [1.165, 1.54) is 0 Å². The van der Waals surface area contributed by atoms with E-state index >= 15 is 0 Å². The van der Waals surface area contributed by atoms with Crippen molar-refractivity contribution in [2.24, 2.45) is 5.92 Å². The van der Waals surface area contributed by atoms with E-state index in [1.54, 1.807) is 18.2 Å². The van der Waals surface area contributed by atoms with Crippen molar-refractivity contribution in [3.8, 4) is 6.07 Å². The maximum atomic E-state index is 11.9. The highest BCUT2D eigenvalue weighted by Crippen LogP contribution is 2.15. The molecule has 0 aliphatic heterocycles. The molecule has 0 saturated carbocycles. The van der Waals surface area contributed by atoms with Gasteiger partial charge in [-0.3, -0.25) is 0 Å². The third-order valence-electron chi connectivity index (χ3n) is 2.85. The highest BCUT2D eigenvalue weighted by molar-refractivity contribution is 7.90. The monoisotopic (exact) mass is 265 g/mol. The van der Waals surface area contributed by atoms with Crippen LogP contribution in [0.3, 0.4) is 0 Å². The number of aryl methyl sites for hydroxylation is 1. The van der Waals surface area contributed by atoms with E-state index in [4.69, 9.17) is 5.26 Å². The molecule has 1 aromatic carbocycles. The fraction of sp³-hybridized carbons (Fsp3) is 0.500. The lowest BCUT2D eigenvalue weighted by atomic mass is 10.1. The van der Waals surface area contributed by atoms with Crippen LogP contribution in [0.2, 0.25) is 0 Å². The number of hydrogen-bond acceptors (Lipinski definition) is 3. The Kier molecular flexibility index (Phi) is 4.92. The molecule has 0 saturated heterocycles. The quantitative estimate of drug-likeness (QED) is 0.822. The average molecular weight is 265 g/mol. The van der Waals surface area contributed by atoms with Gasteiger partial charge in [0.1, 0.15) is 0 Å². The van der Waals surface area contributed by atoms with Crippen LogP contribution in [0.5, 0.6) is 0 Å². The van der Waals surface area contributed by atoms with Gasteiger partial charge in [0.25, 0.3) is 0 Å². The highest BCUT2D eigenvalue weighted by Gasteiger charge is 2.14. The first-order valence-electron chi connectivity index (χ1n) is 6.04. The lowest BCUT2D eigenvalue weighted by Crippen LogP contribution is -2.12. The van der Waals surface area contributed by atoms with Gasteiger partial charge < -0.3 is 0 Å². The van der Waals surface area contributed by atoms with Crippen molar-refractivity contribution in [3.05, 3.63) is 34.9 Å². The Morgan fingerprint density at radius 3 is 2.50 bits per heavy atom. The summed E-state index contributed by atoms with van der Waals surface area (Å²) < 4.78 is 23.9. The topological polar surface area (TPSA) is 57.9 Å². The number of nitriles is 1. The number of rotatable bonds is 5. The van der Waals surface area contributed by atoms with Gasteiger partial charge in [0, 0.05) is 0 Å². The van der Waals surface area contributed by atoms with Crippen molar-refractivity contribution in [2.75, 3.05) is 5.75 Å². The van der Waals surface area contributed by atoms with Gasteiger partial charge >= 0.3 is 0 Å². The first-order chi connectivity index (χ1) is 8.34. The van der Waals surface area contributed by atoms with Crippen LogP contribution >= 0.6 is 0 Å². The molecule has 0 N–H and O–H groups in total. The third-order valence-corrected chi connectivity index (χ3v) is 4.46. The van der Waals surface area contributed by atoms with Crippen LogP contribution in [-0.2, 0) is 15.6 Å². The summed E-state index contributed by atoms with van der Waals surface area (Å²) in [5.74, 6) is 0.684. The molecule has 0 bridgehead atoms. The lowest BCUT2D eigenvalue weighted by Gasteiger charge is -2.09. The highest BCUT2D eigenvalue weighted by atomic mass is 32.2. The molecule has 0 aliphatic rings. The van der Waals surface area contributed by atoms with Crippen LogP contribution in [-0.4, -0.2) is 14.2 Å². The summed E-state index contributed by atoms with van der Waals surface area (Å²) in [7, 11) is -3.05. The number of sulfone groups is 1. The molecular weight excluding hydrogens is 246 g/mol. The smallest absolute Gasteiger partial charge is 0.154 e. The average Bonchev–Trinajstić information content (AvgIpc) is 2.29. The summed E-state index contributed by atoms with van der Waals surface area (Å²) in [6.07, 6.45) is 0.692. The second-order valence-corrected chi connectivity index (χ2v) is 7.21. The Morgan fingerprint density at radius 2 is 2.00 bits per heavy atom. The fourth-order valence-electron chi connectivity index (χ4n) is 1.65. The van der Waals surface area contributed by atoms with Gasteiger partial charge in [-0.25, -0.2) is 8.42 Å². The molecule has 0 fully saturated rings. The van der Waals surface area contributed by atoms with Gasteiger partial charge in [-0.2, -0.15) is 5.26 Å². The minimum atomic E-state index is -3.05. The standard InChI is InChI=1S/C14H19NO2S/c1-11(2)6-7-18(16,17)10-14-5-4-13(9-15)8-12(14)3/h4-5,8,11H,6-7,10H2,1-3H3. The summed E-state index contributed by atoms with van der Waals surface area (Å²) in [5, 5.41) is 8.76. The van der Waals surface area contributed by atoms with Gasteiger partial charge in [-0.1, -0.05) is 19.9 Å². The van der Waals surface area contributed by atoms with Crippen molar-refractivity contribution in [2.45, 2.75) is 32.9 Å². The van der Waals surface area contributed by atoms with Crippen LogP contribution < -0.4 is 0 Å². The molecular formula is C14H19NO2S. The Bertz CT molecular complexity index is 554. The molecule has 18 heavy (non-hydrogen) atoms. The summed E-state index contributed by atoms with van der Waals surface area (Å²) >= 11 is 0. The number of hydrogen-bond donors (Lipinski definition) is 0. The minimum absolute atomic E-state index is 0.0667. The minimum Gasteiger partial charge on any atom is -0.228 e. The number of nitrogens with zero attached hydrogens (tertiary/aromatic N) is 1. The molecule has 1 rings (SSSR count). The summed E-state index contributed by atoms with van der Waals surface area (Å²) in [4.78, 5) is 0. The molecule has 0 atom stereocenters. The molecule has 0 spiro atoms. The predicted molar refractivity (Wildman–Crippen MR) is 72.8 cm³/mol. The van der Waals surface area contributed by atoms with Crippen molar-refractivity contribution < 1.29 is 8.42 Å². The first kappa shape index (κ1) is 14.7. The predicted octanol–water partition coefficient (Wildman–Crippen LogP) is 2.83. The van der Waals surface area contributed by atoms with E-state index in [-0.39, 0.29) is 11.5 Å². The van der Waals surface area contributed by atoms with Gasteiger partial charge in [0.15, 0.2) is 9.84 Å².